The van der Waals surface area contributed by atoms with Crippen molar-refractivity contribution in [2.75, 3.05) is 5.84 Å². The first kappa shape index (κ1) is 21.2. The van der Waals surface area contributed by atoms with Crippen LogP contribution in [-0.4, -0.2) is 24.4 Å². The molecule has 0 aliphatic heterocycles. The van der Waals surface area contributed by atoms with E-state index in [0.29, 0.717) is 44.0 Å². The number of nitrogens with two attached hydrogens (primary N) is 1. The first-order chi connectivity index (χ1) is 16.0. The molecule has 0 bridgehead atoms. The zero-order valence-corrected chi connectivity index (χ0v) is 18.6. The van der Waals surface area contributed by atoms with Gasteiger partial charge in [0.05, 0.1) is 27.4 Å². The largest absolute Gasteiger partial charge is 0.335 e. The van der Waals surface area contributed by atoms with Crippen LogP contribution in [0.25, 0.3) is 28.0 Å². The van der Waals surface area contributed by atoms with E-state index in [0.717, 1.165) is 0 Å². The molecule has 0 unspecified atom stereocenters. The lowest BCUT2D eigenvalue weighted by molar-refractivity contribution is 0.627. The maximum absolute atomic E-state index is 13.5. The SMILES string of the molecule is Nn1c(SCc2nc3ccccc3c(=O)n2-c2ccc(F)cc2)nnc1-c1ccccc1Cl. The predicted octanol–water partition coefficient (Wildman–Crippen LogP) is 4.44. The summed E-state index contributed by atoms with van der Waals surface area (Å²) < 4.78 is 16.3. The fourth-order valence-electron chi connectivity index (χ4n) is 3.46. The van der Waals surface area contributed by atoms with Crippen molar-refractivity contribution in [3.8, 4) is 17.1 Å². The number of benzene rings is 3. The predicted molar refractivity (Wildman–Crippen MR) is 127 cm³/mol. The fourth-order valence-corrected chi connectivity index (χ4v) is 4.46. The molecule has 0 fully saturated rings. The molecule has 0 aliphatic rings. The Bertz CT molecular complexity index is 1530. The second-order valence-electron chi connectivity index (χ2n) is 7.11. The van der Waals surface area contributed by atoms with E-state index in [1.54, 1.807) is 42.5 Å². The third-order valence-electron chi connectivity index (χ3n) is 5.04. The van der Waals surface area contributed by atoms with E-state index in [1.807, 2.05) is 18.2 Å². The number of nitrogens with zero attached hydrogens (tertiary/aromatic N) is 5. The summed E-state index contributed by atoms with van der Waals surface area (Å²) in [7, 11) is 0. The van der Waals surface area contributed by atoms with E-state index in [1.165, 1.54) is 33.1 Å². The maximum Gasteiger partial charge on any atom is 0.265 e. The van der Waals surface area contributed by atoms with Gasteiger partial charge in [-0.2, -0.15) is 0 Å². The summed E-state index contributed by atoms with van der Waals surface area (Å²) in [6.07, 6.45) is 0. The number of nitrogen functional groups attached to an aromatic ring is 1. The summed E-state index contributed by atoms with van der Waals surface area (Å²) >= 11 is 7.54. The number of para-hydroxylation sites is 1. The van der Waals surface area contributed by atoms with Crippen LogP contribution in [0.5, 0.6) is 0 Å². The Morgan fingerprint density at radius 1 is 0.970 bits per heavy atom. The Hall–Kier alpha value is -3.69. The van der Waals surface area contributed by atoms with Gasteiger partial charge in [0, 0.05) is 5.56 Å². The molecular formula is C23H16ClFN6OS. The van der Waals surface area contributed by atoms with Crippen LogP contribution in [0, 0.1) is 5.82 Å². The molecule has 2 aromatic heterocycles. The number of hydrogen-bond donors (Lipinski definition) is 1. The third kappa shape index (κ3) is 3.96. The minimum Gasteiger partial charge on any atom is -0.335 e. The number of fused-ring (bicyclic) bond motifs is 1. The molecule has 0 spiro atoms. The summed E-state index contributed by atoms with van der Waals surface area (Å²) in [5.41, 5.74) is 1.51. The molecule has 5 aromatic rings. The molecule has 33 heavy (non-hydrogen) atoms. The second-order valence-corrected chi connectivity index (χ2v) is 8.46. The van der Waals surface area contributed by atoms with Crippen molar-refractivity contribution in [1.82, 2.24) is 24.4 Å². The van der Waals surface area contributed by atoms with Gasteiger partial charge in [-0.25, -0.2) is 14.1 Å². The van der Waals surface area contributed by atoms with Gasteiger partial charge < -0.3 is 5.84 Å². The molecule has 2 heterocycles. The number of rotatable bonds is 5. The van der Waals surface area contributed by atoms with Gasteiger partial charge in [-0.15, -0.1) is 10.2 Å². The highest BCUT2D eigenvalue weighted by molar-refractivity contribution is 7.98. The molecule has 2 N–H and O–H groups in total. The molecule has 0 saturated heterocycles. The van der Waals surface area contributed by atoms with E-state index >= 15 is 0 Å². The van der Waals surface area contributed by atoms with E-state index in [2.05, 4.69) is 15.2 Å². The highest BCUT2D eigenvalue weighted by atomic mass is 35.5. The molecule has 3 aromatic carbocycles. The lowest BCUT2D eigenvalue weighted by atomic mass is 10.2. The minimum absolute atomic E-state index is 0.242. The fraction of sp³-hybridized carbons (Fsp3) is 0.0435. The lowest BCUT2D eigenvalue weighted by Gasteiger charge is -2.13. The Morgan fingerprint density at radius 3 is 2.48 bits per heavy atom. The highest BCUT2D eigenvalue weighted by Crippen LogP contribution is 2.29. The smallest absolute Gasteiger partial charge is 0.265 e. The molecule has 0 amide bonds. The van der Waals surface area contributed by atoms with Gasteiger partial charge in [-0.3, -0.25) is 9.36 Å². The van der Waals surface area contributed by atoms with Crippen LogP contribution in [0.4, 0.5) is 4.39 Å². The zero-order chi connectivity index (χ0) is 22.9. The van der Waals surface area contributed by atoms with Crippen LogP contribution in [0.2, 0.25) is 5.02 Å². The zero-order valence-electron chi connectivity index (χ0n) is 17.0. The molecule has 0 atom stereocenters. The van der Waals surface area contributed by atoms with Gasteiger partial charge in [0.15, 0.2) is 5.82 Å². The second kappa shape index (κ2) is 8.68. The van der Waals surface area contributed by atoms with E-state index < -0.39 is 0 Å². The molecule has 5 rings (SSSR count). The summed E-state index contributed by atoms with van der Waals surface area (Å²) in [4.78, 5) is 18.0. The lowest BCUT2D eigenvalue weighted by Crippen LogP contribution is -2.23. The van der Waals surface area contributed by atoms with Crippen LogP contribution >= 0.6 is 23.4 Å². The quantitative estimate of drug-likeness (QED) is 0.296. The van der Waals surface area contributed by atoms with Crippen molar-refractivity contribution < 1.29 is 4.39 Å². The standard InChI is InChI=1S/C23H16ClFN6OS/c24-18-7-3-1-5-16(18)21-28-29-23(31(21)26)33-13-20-27-19-8-4-2-6-17(19)22(32)30(20)15-11-9-14(25)10-12-15/h1-12H,13,26H2. The topological polar surface area (TPSA) is 91.6 Å². The Kier molecular flexibility index (Phi) is 5.57. The molecule has 0 aliphatic carbocycles. The van der Waals surface area contributed by atoms with Crippen molar-refractivity contribution in [2.24, 2.45) is 0 Å². The third-order valence-corrected chi connectivity index (χ3v) is 6.31. The Morgan fingerprint density at radius 2 is 1.70 bits per heavy atom. The monoisotopic (exact) mass is 478 g/mol. The molecule has 0 radical (unpaired) electrons. The van der Waals surface area contributed by atoms with Crippen molar-refractivity contribution in [3.63, 3.8) is 0 Å². The number of halogens is 2. The molecule has 0 saturated carbocycles. The van der Waals surface area contributed by atoms with Crippen LogP contribution in [0.3, 0.4) is 0 Å². The summed E-state index contributed by atoms with van der Waals surface area (Å²) in [5.74, 6) is 7.01. The molecular weight excluding hydrogens is 463 g/mol. The summed E-state index contributed by atoms with van der Waals surface area (Å²) in [6, 6.07) is 20.0. The average molecular weight is 479 g/mol. The summed E-state index contributed by atoms with van der Waals surface area (Å²) in [6.45, 7) is 0. The van der Waals surface area contributed by atoms with Crippen LogP contribution in [0.1, 0.15) is 5.82 Å². The average Bonchev–Trinajstić information content (AvgIpc) is 3.19. The van der Waals surface area contributed by atoms with E-state index in [-0.39, 0.29) is 17.1 Å². The summed E-state index contributed by atoms with van der Waals surface area (Å²) in [5, 5.41) is 9.75. The normalized spacial score (nSPS) is 11.2. The minimum atomic E-state index is -0.389. The van der Waals surface area contributed by atoms with E-state index in [9.17, 15) is 9.18 Å². The Balaban J connectivity index is 1.55. The first-order valence-corrected chi connectivity index (χ1v) is 11.2. The first-order valence-electron chi connectivity index (χ1n) is 9.88. The van der Waals surface area contributed by atoms with Crippen LogP contribution in [0.15, 0.2) is 82.7 Å². The van der Waals surface area contributed by atoms with E-state index in [4.69, 9.17) is 17.4 Å². The molecule has 164 valence electrons. The van der Waals surface area contributed by atoms with Crippen LogP contribution in [-0.2, 0) is 5.75 Å². The van der Waals surface area contributed by atoms with Crippen molar-refractivity contribution in [3.05, 3.63) is 99.8 Å². The van der Waals surface area contributed by atoms with Gasteiger partial charge in [-0.05, 0) is 48.5 Å². The van der Waals surface area contributed by atoms with Crippen molar-refractivity contribution in [2.45, 2.75) is 10.9 Å². The van der Waals surface area contributed by atoms with Gasteiger partial charge >= 0.3 is 0 Å². The number of hydrogen-bond acceptors (Lipinski definition) is 6. The van der Waals surface area contributed by atoms with Crippen molar-refractivity contribution in [1.29, 1.82) is 0 Å². The number of aromatic nitrogens is 5. The van der Waals surface area contributed by atoms with Gasteiger partial charge in [0.25, 0.3) is 5.56 Å². The molecule has 7 nitrogen and oxygen atoms in total. The van der Waals surface area contributed by atoms with Crippen molar-refractivity contribution >= 4 is 34.3 Å². The van der Waals surface area contributed by atoms with Gasteiger partial charge in [0.2, 0.25) is 5.16 Å². The molecule has 10 heteroatoms. The highest BCUT2D eigenvalue weighted by Gasteiger charge is 2.17. The number of thioether (sulfide) groups is 1. The maximum atomic E-state index is 13.5. The van der Waals surface area contributed by atoms with Crippen LogP contribution < -0.4 is 11.4 Å². The Labute approximate surface area is 196 Å². The van der Waals surface area contributed by atoms with Gasteiger partial charge in [0.1, 0.15) is 11.6 Å². The van der Waals surface area contributed by atoms with Gasteiger partial charge in [-0.1, -0.05) is 47.6 Å².